The summed E-state index contributed by atoms with van der Waals surface area (Å²) < 4.78 is 39.7. The van der Waals surface area contributed by atoms with Crippen LogP contribution in [0.1, 0.15) is 18.4 Å². The molecule has 0 atom stereocenters. The third kappa shape index (κ3) is 6.04. The van der Waals surface area contributed by atoms with Crippen LogP contribution in [0.5, 0.6) is 0 Å². The number of carbonyl (C=O) groups excluding carboxylic acids is 1. The largest absolute Gasteiger partial charge is 0.355 e. The molecule has 29 heavy (non-hydrogen) atoms. The van der Waals surface area contributed by atoms with Gasteiger partial charge in [0.25, 0.3) is 0 Å². The number of halogens is 1. The summed E-state index contributed by atoms with van der Waals surface area (Å²) in [7, 11) is -3.65. The van der Waals surface area contributed by atoms with Crippen LogP contribution in [0, 0.1) is 11.7 Å². The number of rotatable bonds is 8. The van der Waals surface area contributed by atoms with Gasteiger partial charge in [-0.25, -0.2) is 12.8 Å². The number of carbonyl (C=O) groups is 1. The number of benzene rings is 2. The number of hydrogen-bond acceptors (Lipinski definition) is 4. The zero-order valence-electron chi connectivity index (χ0n) is 16.1. The van der Waals surface area contributed by atoms with Crippen LogP contribution in [-0.4, -0.2) is 44.0 Å². The molecule has 0 aliphatic carbocycles. The number of thioether (sulfide) groups is 1. The van der Waals surface area contributed by atoms with Gasteiger partial charge in [0, 0.05) is 37.1 Å². The van der Waals surface area contributed by atoms with Gasteiger partial charge in [0.2, 0.25) is 15.9 Å². The van der Waals surface area contributed by atoms with E-state index in [4.69, 9.17) is 0 Å². The van der Waals surface area contributed by atoms with Gasteiger partial charge in [-0.2, -0.15) is 16.1 Å². The SMILES string of the molecule is O=C(NCCSCc1ccccc1)C1CCN(S(=O)(=O)c2ccc(F)cc2)CC1. The molecular weight excluding hydrogens is 411 g/mol. The van der Waals surface area contributed by atoms with E-state index in [9.17, 15) is 17.6 Å². The highest BCUT2D eigenvalue weighted by Gasteiger charge is 2.31. The van der Waals surface area contributed by atoms with Crippen molar-refractivity contribution in [3.63, 3.8) is 0 Å². The van der Waals surface area contributed by atoms with E-state index in [2.05, 4.69) is 17.4 Å². The predicted molar refractivity (Wildman–Crippen MR) is 113 cm³/mol. The minimum Gasteiger partial charge on any atom is -0.355 e. The molecular formula is C21H25FN2O3S2. The Morgan fingerprint density at radius 3 is 2.38 bits per heavy atom. The Morgan fingerprint density at radius 1 is 1.07 bits per heavy atom. The maximum atomic E-state index is 13.0. The van der Waals surface area contributed by atoms with Crippen molar-refractivity contribution in [1.82, 2.24) is 9.62 Å². The molecule has 1 amide bonds. The van der Waals surface area contributed by atoms with Gasteiger partial charge in [0.1, 0.15) is 5.82 Å². The zero-order valence-corrected chi connectivity index (χ0v) is 17.7. The van der Waals surface area contributed by atoms with Crippen LogP contribution in [0.25, 0.3) is 0 Å². The molecule has 0 unspecified atom stereocenters. The molecule has 1 N–H and O–H groups in total. The fraction of sp³-hybridized carbons (Fsp3) is 0.381. The quantitative estimate of drug-likeness (QED) is 0.645. The molecule has 5 nitrogen and oxygen atoms in total. The van der Waals surface area contributed by atoms with Gasteiger partial charge < -0.3 is 5.32 Å². The lowest BCUT2D eigenvalue weighted by molar-refractivity contribution is -0.125. The molecule has 156 valence electrons. The summed E-state index contributed by atoms with van der Waals surface area (Å²) in [6.45, 7) is 1.19. The summed E-state index contributed by atoms with van der Waals surface area (Å²) >= 11 is 1.77. The van der Waals surface area contributed by atoms with Crippen LogP contribution in [0.15, 0.2) is 59.5 Å². The summed E-state index contributed by atoms with van der Waals surface area (Å²) in [5.41, 5.74) is 1.26. The van der Waals surface area contributed by atoms with Crippen LogP contribution >= 0.6 is 11.8 Å². The second-order valence-electron chi connectivity index (χ2n) is 6.96. The van der Waals surface area contributed by atoms with Crippen molar-refractivity contribution in [1.29, 1.82) is 0 Å². The fourth-order valence-corrected chi connectivity index (χ4v) is 5.56. The lowest BCUT2D eigenvalue weighted by Gasteiger charge is -2.30. The van der Waals surface area contributed by atoms with E-state index in [-0.39, 0.29) is 16.7 Å². The van der Waals surface area contributed by atoms with Gasteiger partial charge in [0.15, 0.2) is 0 Å². The molecule has 1 saturated heterocycles. The number of sulfonamides is 1. The summed E-state index contributed by atoms with van der Waals surface area (Å²) in [5, 5.41) is 2.96. The molecule has 0 saturated carbocycles. The van der Waals surface area contributed by atoms with Crippen molar-refractivity contribution in [3.05, 3.63) is 66.0 Å². The first-order chi connectivity index (χ1) is 14.0. The standard InChI is InChI=1S/C21H25FN2O3S2/c22-19-6-8-20(9-7-19)29(26,27)24-13-10-18(11-14-24)21(25)23-12-15-28-16-17-4-2-1-3-5-17/h1-9,18H,10-16H2,(H,23,25). The van der Waals surface area contributed by atoms with Crippen LogP contribution in [0.4, 0.5) is 4.39 Å². The average molecular weight is 437 g/mol. The molecule has 1 heterocycles. The van der Waals surface area contributed by atoms with Crippen molar-refractivity contribution < 1.29 is 17.6 Å². The van der Waals surface area contributed by atoms with Gasteiger partial charge in [0.05, 0.1) is 4.90 Å². The van der Waals surface area contributed by atoms with Gasteiger partial charge in [-0.15, -0.1) is 0 Å². The van der Waals surface area contributed by atoms with Crippen LogP contribution in [0.3, 0.4) is 0 Å². The molecule has 2 aromatic carbocycles. The number of piperidine rings is 1. The van der Waals surface area contributed by atoms with E-state index < -0.39 is 15.8 Å². The molecule has 1 fully saturated rings. The van der Waals surface area contributed by atoms with E-state index >= 15 is 0 Å². The second-order valence-corrected chi connectivity index (χ2v) is 10.0. The first-order valence-electron chi connectivity index (χ1n) is 9.62. The minimum atomic E-state index is -3.65. The Kier molecular flexibility index (Phi) is 7.69. The minimum absolute atomic E-state index is 0.0101. The summed E-state index contributed by atoms with van der Waals surface area (Å²) in [6.07, 6.45) is 0.979. The van der Waals surface area contributed by atoms with Crippen molar-refractivity contribution in [3.8, 4) is 0 Å². The molecule has 0 spiro atoms. The lowest BCUT2D eigenvalue weighted by atomic mass is 9.97. The Bertz CT molecular complexity index is 897. The van der Waals surface area contributed by atoms with E-state index in [1.165, 1.54) is 22.0 Å². The lowest BCUT2D eigenvalue weighted by Crippen LogP contribution is -2.43. The average Bonchev–Trinajstić information content (AvgIpc) is 2.74. The molecule has 8 heteroatoms. The Morgan fingerprint density at radius 2 is 1.72 bits per heavy atom. The smallest absolute Gasteiger partial charge is 0.243 e. The Labute approximate surface area is 175 Å². The normalized spacial score (nSPS) is 15.9. The summed E-state index contributed by atoms with van der Waals surface area (Å²) in [6, 6.07) is 15.0. The third-order valence-electron chi connectivity index (χ3n) is 4.93. The number of nitrogens with zero attached hydrogens (tertiary/aromatic N) is 1. The number of amides is 1. The van der Waals surface area contributed by atoms with Crippen LogP contribution in [-0.2, 0) is 20.6 Å². The zero-order chi connectivity index (χ0) is 20.7. The van der Waals surface area contributed by atoms with Gasteiger partial charge in [-0.1, -0.05) is 30.3 Å². The number of nitrogens with one attached hydrogen (secondary N) is 1. The highest BCUT2D eigenvalue weighted by atomic mass is 32.2. The molecule has 0 aromatic heterocycles. The maximum Gasteiger partial charge on any atom is 0.243 e. The summed E-state index contributed by atoms with van der Waals surface area (Å²) in [4.78, 5) is 12.4. The molecule has 0 bridgehead atoms. The summed E-state index contributed by atoms with van der Waals surface area (Å²) in [5.74, 6) is 1.09. The second kappa shape index (κ2) is 10.2. The van der Waals surface area contributed by atoms with Gasteiger partial charge in [-0.05, 0) is 42.7 Å². The van der Waals surface area contributed by atoms with E-state index in [1.807, 2.05) is 18.2 Å². The van der Waals surface area contributed by atoms with Crippen molar-refractivity contribution in [2.75, 3.05) is 25.4 Å². The Balaban J connectivity index is 1.39. The number of hydrogen-bond donors (Lipinski definition) is 1. The van der Waals surface area contributed by atoms with Crippen molar-refractivity contribution in [2.24, 2.45) is 5.92 Å². The first kappa shape index (κ1) is 21.8. The predicted octanol–water partition coefficient (Wildman–Crippen LogP) is 3.28. The van der Waals surface area contributed by atoms with E-state index in [0.717, 1.165) is 23.6 Å². The highest BCUT2D eigenvalue weighted by Crippen LogP contribution is 2.24. The monoisotopic (exact) mass is 436 g/mol. The molecule has 0 radical (unpaired) electrons. The topological polar surface area (TPSA) is 66.5 Å². The third-order valence-corrected chi connectivity index (χ3v) is 7.88. The van der Waals surface area contributed by atoms with Crippen LogP contribution < -0.4 is 5.32 Å². The van der Waals surface area contributed by atoms with Crippen molar-refractivity contribution in [2.45, 2.75) is 23.5 Å². The van der Waals surface area contributed by atoms with Crippen LogP contribution in [0.2, 0.25) is 0 Å². The van der Waals surface area contributed by atoms with Crippen molar-refractivity contribution >= 4 is 27.7 Å². The molecule has 3 rings (SSSR count). The van der Waals surface area contributed by atoms with Gasteiger partial charge in [-0.3, -0.25) is 4.79 Å². The van der Waals surface area contributed by atoms with Gasteiger partial charge >= 0.3 is 0 Å². The highest BCUT2D eigenvalue weighted by molar-refractivity contribution is 7.98. The van der Waals surface area contributed by atoms with E-state index in [1.54, 1.807) is 11.8 Å². The molecule has 1 aliphatic rings. The fourth-order valence-electron chi connectivity index (χ4n) is 3.27. The molecule has 2 aromatic rings. The van der Waals surface area contributed by atoms with E-state index in [0.29, 0.717) is 32.5 Å². The first-order valence-corrected chi connectivity index (χ1v) is 12.2. The molecule has 1 aliphatic heterocycles. The maximum absolute atomic E-state index is 13.0. The Hall–Kier alpha value is -1.90.